The van der Waals surface area contributed by atoms with Crippen LogP contribution in [0.4, 0.5) is 4.39 Å². The number of nitrogens with zero attached hydrogens (tertiary/aromatic N) is 3. The second kappa shape index (κ2) is 8.34. The predicted octanol–water partition coefficient (Wildman–Crippen LogP) is 1.87. The minimum absolute atomic E-state index is 0.152. The lowest BCUT2D eigenvalue weighted by atomic mass is 9.95. The Bertz CT molecular complexity index is 854. The van der Waals surface area contributed by atoms with Crippen molar-refractivity contribution in [2.75, 3.05) is 19.6 Å². The molecule has 27 heavy (non-hydrogen) atoms. The maximum atomic E-state index is 13.1. The van der Waals surface area contributed by atoms with Crippen molar-refractivity contribution >= 4 is 0 Å². The number of rotatable bonds is 7. The number of aromatic nitrogens is 3. The van der Waals surface area contributed by atoms with Crippen molar-refractivity contribution in [3.05, 3.63) is 66.1 Å². The summed E-state index contributed by atoms with van der Waals surface area (Å²) in [4.78, 5) is 8.46. The maximum absolute atomic E-state index is 13.1. The van der Waals surface area contributed by atoms with Gasteiger partial charge in [0, 0.05) is 49.9 Å². The predicted molar refractivity (Wildman–Crippen MR) is 97.9 cm³/mol. The third-order valence-corrected chi connectivity index (χ3v) is 4.63. The van der Waals surface area contributed by atoms with Gasteiger partial charge in [-0.05, 0) is 29.8 Å². The lowest BCUT2D eigenvalue weighted by Gasteiger charge is -2.19. The van der Waals surface area contributed by atoms with Gasteiger partial charge in [0.25, 0.3) is 0 Å². The molecule has 8 heteroatoms. The summed E-state index contributed by atoms with van der Waals surface area (Å²) in [6, 6.07) is 10.5. The largest absolute Gasteiger partial charge is 0.339 e. The van der Waals surface area contributed by atoms with Crippen LogP contribution >= 0.6 is 0 Å². The highest BCUT2D eigenvalue weighted by molar-refractivity contribution is 5.51. The number of benzene rings is 1. The molecule has 0 spiro atoms. The van der Waals surface area contributed by atoms with Gasteiger partial charge in [0.1, 0.15) is 5.82 Å². The normalized spacial score (nSPS) is 19.4. The van der Waals surface area contributed by atoms with Gasteiger partial charge in [-0.2, -0.15) is 4.98 Å². The van der Waals surface area contributed by atoms with Crippen LogP contribution in [0.1, 0.15) is 17.5 Å². The van der Waals surface area contributed by atoms with Crippen molar-refractivity contribution in [2.24, 2.45) is 5.92 Å². The molecule has 0 bridgehead atoms. The lowest BCUT2D eigenvalue weighted by Crippen LogP contribution is -2.30. The molecular weight excluding hydrogens is 347 g/mol. The van der Waals surface area contributed by atoms with Gasteiger partial charge in [-0.1, -0.05) is 17.3 Å². The van der Waals surface area contributed by atoms with E-state index in [1.54, 1.807) is 12.4 Å². The molecule has 3 aromatic rings. The Hall–Kier alpha value is -2.68. The molecule has 0 saturated carbocycles. The quantitative estimate of drug-likeness (QED) is 0.549. The van der Waals surface area contributed by atoms with Crippen molar-refractivity contribution in [1.82, 2.24) is 31.3 Å². The summed E-state index contributed by atoms with van der Waals surface area (Å²) >= 11 is 0. The average molecular weight is 368 g/mol. The molecule has 1 aliphatic rings. The number of nitrogens with one attached hydrogen (secondary N) is 3. The second-order valence-electron chi connectivity index (χ2n) is 6.52. The standard InChI is InChI=1S/C19H21FN6O/c20-16-5-3-13(4-6-16)18-15(12-23-25-18)11-22-9-7-17-24-19(26-27-17)14-2-1-8-21-10-14/h1-6,8,10,15,18,22-23,25H,7,9,11-12H2. The van der Waals surface area contributed by atoms with E-state index in [0.717, 1.165) is 30.8 Å². The lowest BCUT2D eigenvalue weighted by molar-refractivity contribution is 0.372. The van der Waals surface area contributed by atoms with Crippen LogP contribution in [0.15, 0.2) is 53.3 Å². The molecule has 2 unspecified atom stereocenters. The fourth-order valence-electron chi connectivity index (χ4n) is 3.20. The summed E-state index contributed by atoms with van der Waals surface area (Å²) in [5, 5.41) is 7.44. The Kier molecular flexibility index (Phi) is 5.47. The fraction of sp³-hybridized carbons (Fsp3) is 0.316. The van der Waals surface area contributed by atoms with Gasteiger partial charge in [0.15, 0.2) is 0 Å². The SMILES string of the molecule is Fc1ccc(C2NNCC2CNCCc2nc(-c3cccnc3)no2)cc1. The molecule has 0 radical (unpaired) electrons. The fourth-order valence-corrected chi connectivity index (χ4v) is 3.20. The minimum Gasteiger partial charge on any atom is -0.339 e. The highest BCUT2D eigenvalue weighted by Gasteiger charge is 2.27. The molecule has 1 aliphatic heterocycles. The first-order chi connectivity index (χ1) is 13.3. The third-order valence-electron chi connectivity index (χ3n) is 4.63. The third kappa shape index (κ3) is 4.36. The van der Waals surface area contributed by atoms with Gasteiger partial charge < -0.3 is 9.84 Å². The summed E-state index contributed by atoms with van der Waals surface area (Å²) in [6.07, 6.45) is 4.07. The first-order valence-electron chi connectivity index (χ1n) is 8.97. The Morgan fingerprint density at radius 2 is 2.11 bits per heavy atom. The summed E-state index contributed by atoms with van der Waals surface area (Å²) < 4.78 is 18.4. The van der Waals surface area contributed by atoms with Crippen LogP contribution in [0.25, 0.3) is 11.4 Å². The van der Waals surface area contributed by atoms with Gasteiger partial charge in [0.2, 0.25) is 11.7 Å². The van der Waals surface area contributed by atoms with Crippen LogP contribution in [-0.2, 0) is 6.42 Å². The Labute approximate surface area is 156 Å². The van der Waals surface area contributed by atoms with Crippen molar-refractivity contribution in [2.45, 2.75) is 12.5 Å². The maximum Gasteiger partial charge on any atom is 0.228 e. The molecule has 1 saturated heterocycles. The van der Waals surface area contributed by atoms with Crippen LogP contribution in [-0.4, -0.2) is 34.8 Å². The second-order valence-corrected chi connectivity index (χ2v) is 6.52. The molecule has 3 N–H and O–H groups in total. The summed E-state index contributed by atoms with van der Waals surface area (Å²) in [5.74, 6) is 1.30. The van der Waals surface area contributed by atoms with E-state index < -0.39 is 0 Å². The van der Waals surface area contributed by atoms with E-state index in [2.05, 4.69) is 31.3 Å². The highest BCUT2D eigenvalue weighted by Crippen LogP contribution is 2.24. The molecule has 1 aromatic carbocycles. The van der Waals surface area contributed by atoms with Crippen LogP contribution < -0.4 is 16.2 Å². The smallest absolute Gasteiger partial charge is 0.228 e. The zero-order chi connectivity index (χ0) is 18.5. The number of pyridine rings is 1. The van der Waals surface area contributed by atoms with Crippen LogP contribution in [0.2, 0.25) is 0 Å². The topological polar surface area (TPSA) is 87.9 Å². The van der Waals surface area contributed by atoms with Gasteiger partial charge in [-0.25, -0.2) is 9.82 Å². The highest BCUT2D eigenvalue weighted by atomic mass is 19.1. The van der Waals surface area contributed by atoms with Crippen LogP contribution in [0, 0.1) is 11.7 Å². The van der Waals surface area contributed by atoms with E-state index >= 15 is 0 Å². The van der Waals surface area contributed by atoms with E-state index in [1.165, 1.54) is 12.1 Å². The van der Waals surface area contributed by atoms with Gasteiger partial charge in [-0.15, -0.1) is 0 Å². The summed E-state index contributed by atoms with van der Waals surface area (Å²) in [5.41, 5.74) is 8.36. The summed E-state index contributed by atoms with van der Waals surface area (Å²) in [7, 11) is 0. The molecule has 0 aliphatic carbocycles. The molecule has 2 aromatic heterocycles. The number of halogens is 1. The van der Waals surface area contributed by atoms with Gasteiger partial charge in [0.05, 0.1) is 6.04 Å². The molecule has 0 amide bonds. The van der Waals surface area contributed by atoms with E-state index in [0.29, 0.717) is 24.1 Å². The monoisotopic (exact) mass is 368 g/mol. The minimum atomic E-state index is -0.218. The van der Waals surface area contributed by atoms with Crippen molar-refractivity contribution in [3.8, 4) is 11.4 Å². The van der Waals surface area contributed by atoms with Crippen molar-refractivity contribution in [1.29, 1.82) is 0 Å². The molecule has 7 nitrogen and oxygen atoms in total. The Morgan fingerprint density at radius 1 is 1.22 bits per heavy atom. The van der Waals surface area contributed by atoms with E-state index in [1.807, 2.05) is 24.3 Å². The first kappa shape index (κ1) is 17.7. The van der Waals surface area contributed by atoms with Crippen molar-refractivity contribution < 1.29 is 8.91 Å². The molecular formula is C19H21FN6O. The number of hydrazine groups is 1. The number of hydrogen-bond donors (Lipinski definition) is 3. The van der Waals surface area contributed by atoms with Crippen molar-refractivity contribution in [3.63, 3.8) is 0 Å². The van der Waals surface area contributed by atoms with E-state index in [4.69, 9.17) is 4.52 Å². The zero-order valence-corrected chi connectivity index (χ0v) is 14.7. The Morgan fingerprint density at radius 3 is 2.93 bits per heavy atom. The van der Waals surface area contributed by atoms with E-state index in [-0.39, 0.29) is 11.9 Å². The average Bonchev–Trinajstić information content (AvgIpc) is 3.36. The van der Waals surface area contributed by atoms with Gasteiger partial charge in [-0.3, -0.25) is 10.4 Å². The molecule has 140 valence electrons. The summed E-state index contributed by atoms with van der Waals surface area (Å²) in [6.45, 7) is 2.41. The number of hydrogen-bond acceptors (Lipinski definition) is 7. The van der Waals surface area contributed by atoms with Crippen LogP contribution in [0.5, 0.6) is 0 Å². The van der Waals surface area contributed by atoms with Gasteiger partial charge >= 0.3 is 0 Å². The molecule has 4 rings (SSSR count). The molecule has 3 heterocycles. The molecule has 1 fully saturated rings. The first-order valence-corrected chi connectivity index (χ1v) is 8.97. The molecule has 2 atom stereocenters. The Balaban J connectivity index is 1.26. The zero-order valence-electron chi connectivity index (χ0n) is 14.7. The van der Waals surface area contributed by atoms with E-state index in [9.17, 15) is 4.39 Å². The van der Waals surface area contributed by atoms with Crippen LogP contribution in [0.3, 0.4) is 0 Å².